The van der Waals surface area contributed by atoms with Crippen LogP contribution in [0.5, 0.6) is 0 Å². The third kappa shape index (κ3) is 3.32. The number of carboxylic acid groups (broad SMARTS) is 1. The maximum atomic E-state index is 10.8. The minimum absolute atomic E-state index is 0.297. The number of hydrogen-bond acceptors (Lipinski definition) is 3. The highest BCUT2D eigenvalue weighted by Crippen LogP contribution is 2.15. The average Bonchev–Trinajstić information content (AvgIpc) is 2.62. The highest BCUT2D eigenvalue weighted by atomic mass is 16.4. The van der Waals surface area contributed by atoms with Gasteiger partial charge in [-0.25, -0.2) is 4.79 Å². The second kappa shape index (κ2) is 6.66. The number of hydrogen-bond donors (Lipinski definition) is 1. The normalized spacial score (nSPS) is 10.1. The van der Waals surface area contributed by atoms with Crippen LogP contribution in [0.3, 0.4) is 0 Å². The van der Waals surface area contributed by atoms with Crippen molar-refractivity contribution in [1.82, 2.24) is 9.97 Å². The Labute approximate surface area is 133 Å². The largest absolute Gasteiger partial charge is 0.478 e. The highest BCUT2D eigenvalue weighted by Gasteiger charge is 2.06. The van der Waals surface area contributed by atoms with Crippen LogP contribution in [0, 0.1) is 0 Å². The molecule has 4 heteroatoms. The summed E-state index contributed by atoms with van der Waals surface area (Å²) in [6.45, 7) is 0. The topological polar surface area (TPSA) is 63.1 Å². The van der Waals surface area contributed by atoms with E-state index in [9.17, 15) is 4.79 Å². The number of fused-ring (bicyclic) bond motifs is 2. The van der Waals surface area contributed by atoms with E-state index in [2.05, 4.69) is 22.1 Å². The zero-order valence-corrected chi connectivity index (χ0v) is 12.3. The van der Waals surface area contributed by atoms with E-state index in [0.717, 1.165) is 5.52 Å². The number of pyridine rings is 2. The van der Waals surface area contributed by atoms with Gasteiger partial charge in [0.05, 0.1) is 16.6 Å². The lowest BCUT2D eigenvalue weighted by atomic mass is 10.1. The molecule has 2 aromatic heterocycles. The Morgan fingerprint density at radius 2 is 1.39 bits per heavy atom. The number of aromatic nitrogens is 2. The summed E-state index contributed by atoms with van der Waals surface area (Å²) >= 11 is 0. The summed E-state index contributed by atoms with van der Waals surface area (Å²) < 4.78 is 0. The molecule has 0 aliphatic rings. The molecule has 0 radical (unpaired) electrons. The Morgan fingerprint density at radius 3 is 2.17 bits per heavy atom. The van der Waals surface area contributed by atoms with Gasteiger partial charge in [-0.05, 0) is 24.3 Å². The molecule has 0 bridgehead atoms. The molecule has 0 saturated carbocycles. The van der Waals surface area contributed by atoms with Crippen LogP contribution in [-0.4, -0.2) is 21.0 Å². The summed E-state index contributed by atoms with van der Waals surface area (Å²) in [5.74, 6) is -0.918. The van der Waals surface area contributed by atoms with Crippen LogP contribution in [0.2, 0.25) is 0 Å². The van der Waals surface area contributed by atoms with Gasteiger partial charge in [0.2, 0.25) is 0 Å². The summed E-state index contributed by atoms with van der Waals surface area (Å²) in [6, 6.07) is 20.8. The molecule has 23 heavy (non-hydrogen) atoms. The Bertz CT molecular complexity index is 896. The fraction of sp³-hybridized carbons (Fsp3) is 0. The quantitative estimate of drug-likeness (QED) is 0.573. The van der Waals surface area contributed by atoms with Gasteiger partial charge in [0, 0.05) is 23.2 Å². The number of carbonyl (C=O) groups is 1. The van der Waals surface area contributed by atoms with Gasteiger partial charge in [0.25, 0.3) is 0 Å². The first-order valence-corrected chi connectivity index (χ1v) is 7.12. The number of nitrogens with zero attached hydrogens (tertiary/aromatic N) is 2. The van der Waals surface area contributed by atoms with E-state index in [1.54, 1.807) is 18.2 Å². The first kappa shape index (κ1) is 14.7. The molecule has 4 aromatic rings. The summed E-state index contributed by atoms with van der Waals surface area (Å²) in [5.41, 5.74) is 2.07. The van der Waals surface area contributed by atoms with Gasteiger partial charge in [0.15, 0.2) is 0 Å². The summed E-state index contributed by atoms with van der Waals surface area (Å²) in [6.07, 6.45) is 3.31. The molecule has 2 heterocycles. The fourth-order valence-corrected chi connectivity index (χ4v) is 2.30. The van der Waals surface area contributed by atoms with E-state index in [1.165, 1.54) is 17.6 Å². The second-order valence-corrected chi connectivity index (χ2v) is 4.88. The predicted octanol–water partition coefficient (Wildman–Crippen LogP) is 4.17. The first-order chi connectivity index (χ1) is 11.3. The van der Waals surface area contributed by atoms with Crippen LogP contribution in [0.4, 0.5) is 0 Å². The number of benzene rings is 2. The van der Waals surface area contributed by atoms with Crippen LogP contribution in [0.1, 0.15) is 10.4 Å². The van der Waals surface area contributed by atoms with Gasteiger partial charge in [-0.2, -0.15) is 0 Å². The van der Waals surface area contributed by atoms with Crippen LogP contribution in [-0.2, 0) is 0 Å². The van der Waals surface area contributed by atoms with Crippen LogP contribution >= 0.6 is 0 Å². The van der Waals surface area contributed by atoms with Crippen LogP contribution < -0.4 is 0 Å². The van der Waals surface area contributed by atoms with E-state index < -0.39 is 5.97 Å². The summed E-state index contributed by atoms with van der Waals surface area (Å²) in [5, 5.41) is 10.7. The zero-order valence-electron chi connectivity index (χ0n) is 12.3. The predicted molar refractivity (Wildman–Crippen MR) is 90.4 cm³/mol. The van der Waals surface area contributed by atoms with Crippen molar-refractivity contribution < 1.29 is 9.90 Å². The molecule has 0 amide bonds. The van der Waals surface area contributed by atoms with Gasteiger partial charge in [0.1, 0.15) is 0 Å². The Morgan fingerprint density at radius 1 is 0.739 bits per heavy atom. The van der Waals surface area contributed by atoms with Gasteiger partial charge < -0.3 is 5.11 Å². The number of para-hydroxylation sites is 2. The first-order valence-electron chi connectivity index (χ1n) is 7.12. The van der Waals surface area contributed by atoms with Crippen molar-refractivity contribution in [3.8, 4) is 0 Å². The van der Waals surface area contributed by atoms with Crippen LogP contribution in [0.15, 0.2) is 79.1 Å². The molecule has 2 aromatic carbocycles. The molecule has 0 atom stereocenters. The van der Waals surface area contributed by atoms with Gasteiger partial charge in [-0.15, -0.1) is 0 Å². The van der Waals surface area contributed by atoms with Crippen molar-refractivity contribution in [2.75, 3.05) is 0 Å². The molecule has 4 nitrogen and oxygen atoms in total. The van der Waals surface area contributed by atoms with Crippen molar-refractivity contribution in [3.63, 3.8) is 0 Å². The third-order valence-corrected chi connectivity index (χ3v) is 3.39. The molecule has 112 valence electrons. The SMILES string of the molecule is O=C(O)c1ccnc2ccccc12.c1ccc2ncccc2c1. The lowest BCUT2D eigenvalue weighted by Gasteiger charge is -1.99. The fourth-order valence-electron chi connectivity index (χ4n) is 2.30. The van der Waals surface area contributed by atoms with Gasteiger partial charge in [-0.1, -0.05) is 42.5 Å². The molecule has 0 unspecified atom stereocenters. The second-order valence-electron chi connectivity index (χ2n) is 4.88. The maximum absolute atomic E-state index is 10.8. The number of rotatable bonds is 1. The lowest BCUT2D eigenvalue weighted by molar-refractivity contribution is 0.0699. The Kier molecular flexibility index (Phi) is 4.25. The molecule has 0 fully saturated rings. The Hall–Kier alpha value is -3.27. The summed E-state index contributed by atoms with van der Waals surface area (Å²) in [7, 11) is 0. The molecule has 1 N–H and O–H groups in total. The average molecular weight is 302 g/mol. The smallest absolute Gasteiger partial charge is 0.336 e. The lowest BCUT2D eigenvalue weighted by Crippen LogP contribution is -1.97. The third-order valence-electron chi connectivity index (χ3n) is 3.39. The molecule has 0 saturated heterocycles. The minimum atomic E-state index is -0.918. The Balaban J connectivity index is 0.000000140. The zero-order chi connectivity index (χ0) is 16.1. The molecule has 0 aliphatic carbocycles. The molecular formula is C19H14N2O2. The standard InChI is InChI=1S/C10H7NO2.C9H7N/c12-10(13)8-5-6-11-9-4-2-1-3-7(8)9;1-2-6-9-8(4-1)5-3-7-10-9/h1-6H,(H,12,13);1-7H. The maximum Gasteiger partial charge on any atom is 0.336 e. The van der Waals surface area contributed by atoms with Crippen LogP contribution in [0.25, 0.3) is 21.8 Å². The molecule has 0 spiro atoms. The molecule has 0 aliphatic heterocycles. The summed E-state index contributed by atoms with van der Waals surface area (Å²) in [4.78, 5) is 19.0. The minimum Gasteiger partial charge on any atom is -0.478 e. The van der Waals surface area contributed by atoms with Crippen molar-refractivity contribution in [1.29, 1.82) is 0 Å². The van der Waals surface area contributed by atoms with E-state index in [4.69, 9.17) is 5.11 Å². The monoisotopic (exact) mass is 302 g/mol. The number of aromatic carboxylic acids is 1. The van der Waals surface area contributed by atoms with Gasteiger partial charge in [-0.3, -0.25) is 9.97 Å². The number of carboxylic acids is 1. The van der Waals surface area contributed by atoms with Crippen molar-refractivity contribution in [2.45, 2.75) is 0 Å². The van der Waals surface area contributed by atoms with E-state index in [0.29, 0.717) is 16.5 Å². The molecular weight excluding hydrogens is 288 g/mol. The molecule has 4 rings (SSSR count). The van der Waals surface area contributed by atoms with Gasteiger partial charge >= 0.3 is 5.97 Å². The highest BCUT2D eigenvalue weighted by molar-refractivity contribution is 6.02. The van der Waals surface area contributed by atoms with E-state index in [1.807, 2.05) is 36.5 Å². The van der Waals surface area contributed by atoms with Crippen molar-refractivity contribution >= 4 is 27.8 Å². The van der Waals surface area contributed by atoms with Crippen molar-refractivity contribution in [2.24, 2.45) is 0 Å². The van der Waals surface area contributed by atoms with E-state index >= 15 is 0 Å². The van der Waals surface area contributed by atoms with Crippen molar-refractivity contribution in [3.05, 3.63) is 84.7 Å². The van der Waals surface area contributed by atoms with E-state index in [-0.39, 0.29) is 0 Å².